The fraction of sp³-hybridized carbons (Fsp3) is 0.438. The number of rotatable bonds is 7. The van der Waals surface area contributed by atoms with Crippen LogP contribution >= 0.6 is 0 Å². The summed E-state index contributed by atoms with van der Waals surface area (Å²) in [5, 5.41) is 4.16. The van der Waals surface area contributed by atoms with E-state index in [1.807, 2.05) is 25.5 Å². The molecule has 6 heteroatoms. The van der Waals surface area contributed by atoms with Crippen LogP contribution in [0.3, 0.4) is 0 Å². The van der Waals surface area contributed by atoms with Crippen molar-refractivity contribution in [1.29, 1.82) is 0 Å². The molecule has 0 atom stereocenters. The molecule has 0 radical (unpaired) electrons. The second kappa shape index (κ2) is 7.07. The lowest BCUT2D eigenvalue weighted by atomic mass is 10.2. The van der Waals surface area contributed by atoms with Crippen molar-refractivity contribution >= 4 is 9.84 Å². The van der Waals surface area contributed by atoms with Crippen LogP contribution < -0.4 is 0 Å². The van der Waals surface area contributed by atoms with Crippen molar-refractivity contribution in [2.75, 3.05) is 12.3 Å². The number of hydrogen-bond donors (Lipinski definition) is 0. The predicted octanol–water partition coefficient (Wildman–Crippen LogP) is 2.10. The van der Waals surface area contributed by atoms with Crippen LogP contribution in [-0.2, 0) is 23.4 Å². The first-order valence-corrected chi connectivity index (χ1v) is 9.03. The van der Waals surface area contributed by atoms with Crippen molar-refractivity contribution in [3.63, 3.8) is 0 Å². The third-order valence-corrected chi connectivity index (χ3v) is 5.33. The molecule has 2 aromatic rings. The number of sulfone groups is 1. The number of aryl methyl sites for hydroxylation is 1. The maximum absolute atomic E-state index is 12.4. The zero-order chi connectivity index (χ0) is 16.2. The molecule has 22 heavy (non-hydrogen) atoms. The Bertz CT molecular complexity index is 693. The first-order chi connectivity index (χ1) is 10.4. The van der Waals surface area contributed by atoms with Gasteiger partial charge in [-0.15, -0.1) is 0 Å². The summed E-state index contributed by atoms with van der Waals surface area (Å²) in [6.07, 6.45) is 3.78. The maximum atomic E-state index is 12.4. The van der Waals surface area contributed by atoms with Gasteiger partial charge >= 0.3 is 0 Å². The van der Waals surface area contributed by atoms with Crippen molar-refractivity contribution < 1.29 is 8.42 Å². The molecule has 5 nitrogen and oxygen atoms in total. The highest BCUT2D eigenvalue weighted by atomic mass is 32.2. The first-order valence-electron chi connectivity index (χ1n) is 7.38. The SMILES string of the molecule is CC(C)N(CCS(=O)(=O)c1ccccc1)Cc1cnn(C)c1. The van der Waals surface area contributed by atoms with E-state index in [1.165, 1.54) is 0 Å². The van der Waals surface area contributed by atoms with Gasteiger partial charge < -0.3 is 0 Å². The van der Waals surface area contributed by atoms with E-state index >= 15 is 0 Å². The molecule has 0 fully saturated rings. The van der Waals surface area contributed by atoms with Gasteiger partial charge in [0.25, 0.3) is 0 Å². The van der Waals surface area contributed by atoms with Crippen molar-refractivity contribution in [1.82, 2.24) is 14.7 Å². The lowest BCUT2D eigenvalue weighted by Crippen LogP contribution is -2.34. The molecule has 0 amide bonds. The monoisotopic (exact) mass is 321 g/mol. The van der Waals surface area contributed by atoms with E-state index in [4.69, 9.17) is 0 Å². The van der Waals surface area contributed by atoms with Crippen LogP contribution in [0.25, 0.3) is 0 Å². The normalized spacial score (nSPS) is 12.2. The van der Waals surface area contributed by atoms with Crippen LogP contribution in [-0.4, -0.2) is 41.4 Å². The van der Waals surface area contributed by atoms with Gasteiger partial charge in [-0.1, -0.05) is 18.2 Å². The largest absolute Gasteiger partial charge is 0.296 e. The van der Waals surface area contributed by atoms with E-state index in [0.717, 1.165) is 5.56 Å². The molecule has 0 saturated heterocycles. The van der Waals surface area contributed by atoms with Crippen molar-refractivity contribution in [2.45, 2.75) is 31.3 Å². The van der Waals surface area contributed by atoms with Crippen LogP contribution in [0.2, 0.25) is 0 Å². The van der Waals surface area contributed by atoms with Crippen LogP contribution in [0.4, 0.5) is 0 Å². The van der Waals surface area contributed by atoms with Crippen molar-refractivity contribution in [3.8, 4) is 0 Å². The van der Waals surface area contributed by atoms with Gasteiger partial charge in [-0.2, -0.15) is 5.10 Å². The quantitative estimate of drug-likeness (QED) is 0.784. The van der Waals surface area contributed by atoms with Gasteiger partial charge in [0.15, 0.2) is 9.84 Å². The van der Waals surface area contributed by atoms with E-state index in [-0.39, 0.29) is 11.8 Å². The van der Waals surface area contributed by atoms with Crippen LogP contribution in [0.1, 0.15) is 19.4 Å². The fourth-order valence-electron chi connectivity index (χ4n) is 2.29. The van der Waals surface area contributed by atoms with Crippen molar-refractivity contribution in [3.05, 3.63) is 48.3 Å². The molecule has 0 spiro atoms. The van der Waals surface area contributed by atoms with E-state index in [9.17, 15) is 8.42 Å². The fourth-order valence-corrected chi connectivity index (χ4v) is 3.57. The number of nitrogens with zero attached hydrogens (tertiary/aromatic N) is 3. The topological polar surface area (TPSA) is 55.2 Å². The van der Waals surface area contributed by atoms with Gasteiger partial charge in [0, 0.05) is 37.9 Å². The number of hydrogen-bond acceptors (Lipinski definition) is 4. The van der Waals surface area contributed by atoms with Crippen LogP contribution in [0.5, 0.6) is 0 Å². The van der Waals surface area contributed by atoms with E-state index in [0.29, 0.717) is 18.0 Å². The van der Waals surface area contributed by atoms with E-state index in [2.05, 4.69) is 23.8 Å². The number of aromatic nitrogens is 2. The molecule has 0 aliphatic rings. The Kier molecular flexibility index (Phi) is 5.37. The molecule has 0 saturated carbocycles. The highest BCUT2D eigenvalue weighted by Gasteiger charge is 2.18. The lowest BCUT2D eigenvalue weighted by Gasteiger charge is -2.25. The minimum atomic E-state index is -3.24. The molecule has 0 aliphatic carbocycles. The average Bonchev–Trinajstić information content (AvgIpc) is 2.89. The molecule has 0 bridgehead atoms. The van der Waals surface area contributed by atoms with Gasteiger partial charge in [-0.05, 0) is 26.0 Å². The van der Waals surface area contributed by atoms with Gasteiger partial charge in [0.2, 0.25) is 0 Å². The van der Waals surface area contributed by atoms with Gasteiger partial charge in [0.1, 0.15) is 0 Å². The van der Waals surface area contributed by atoms with Gasteiger partial charge in [0.05, 0.1) is 16.8 Å². The van der Waals surface area contributed by atoms with Crippen LogP contribution in [0.15, 0.2) is 47.6 Å². The highest BCUT2D eigenvalue weighted by Crippen LogP contribution is 2.13. The molecule has 1 aromatic heterocycles. The average molecular weight is 321 g/mol. The molecule has 1 aromatic carbocycles. The summed E-state index contributed by atoms with van der Waals surface area (Å²) in [5.41, 5.74) is 1.09. The smallest absolute Gasteiger partial charge is 0.179 e. The Hall–Kier alpha value is -1.66. The summed E-state index contributed by atoms with van der Waals surface area (Å²) in [5.74, 6) is 0.120. The standard InChI is InChI=1S/C16H23N3O2S/c1-14(2)19(13-15-11-17-18(3)12-15)9-10-22(20,21)16-7-5-4-6-8-16/h4-8,11-12,14H,9-10,13H2,1-3H3. The lowest BCUT2D eigenvalue weighted by molar-refractivity contribution is 0.226. The first kappa shape index (κ1) is 16.7. The summed E-state index contributed by atoms with van der Waals surface area (Å²) in [4.78, 5) is 2.54. The predicted molar refractivity (Wildman–Crippen MR) is 87.2 cm³/mol. The van der Waals surface area contributed by atoms with E-state index in [1.54, 1.807) is 28.9 Å². The Labute approximate surface area is 132 Å². The third-order valence-electron chi connectivity index (χ3n) is 3.62. The van der Waals surface area contributed by atoms with Crippen LogP contribution in [0, 0.1) is 0 Å². The Morgan fingerprint density at radius 1 is 1.23 bits per heavy atom. The Morgan fingerprint density at radius 2 is 1.91 bits per heavy atom. The minimum absolute atomic E-state index is 0.120. The molecule has 120 valence electrons. The summed E-state index contributed by atoms with van der Waals surface area (Å²) in [7, 11) is -1.36. The molecular weight excluding hydrogens is 298 g/mol. The Morgan fingerprint density at radius 3 is 2.45 bits per heavy atom. The summed E-state index contributed by atoms with van der Waals surface area (Å²) >= 11 is 0. The molecule has 0 unspecified atom stereocenters. The summed E-state index contributed by atoms with van der Waals surface area (Å²) in [6, 6.07) is 8.89. The molecular formula is C16H23N3O2S. The second-order valence-corrected chi connectivity index (χ2v) is 7.83. The molecule has 0 aliphatic heterocycles. The summed E-state index contributed by atoms with van der Waals surface area (Å²) in [6.45, 7) is 5.36. The molecule has 2 rings (SSSR count). The van der Waals surface area contributed by atoms with Gasteiger partial charge in [-0.3, -0.25) is 9.58 Å². The zero-order valence-electron chi connectivity index (χ0n) is 13.3. The third kappa shape index (κ3) is 4.42. The molecule has 1 heterocycles. The summed E-state index contributed by atoms with van der Waals surface area (Å²) < 4.78 is 26.5. The van der Waals surface area contributed by atoms with Gasteiger partial charge in [-0.25, -0.2) is 8.42 Å². The molecule has 0 N–H and O–H groups in total. The Balaban J connectivity index is 2.03. The zero-order valence-corrected chi connectivity index (χ0v) is 14.1. The number of benzene rings is 1. The second-order valence-electron chi connectivity index (χ2n) is 5.72. The van der Waals surface area contributed by atoms with Crippen molar-refractivity contribution in [2.24, 2.45) is 7.05 Å². The minimum Gasteiger partial charge on any atom is -0.296 e. The highest BCUT2D eigenvalue weighted by molar-refractivity contribution is 7.91. The maximum Gasteiger partial charge on any atom is 0.179 e. The van der Waals surface area contributed by atoms with E-state index < -0.39 is 9.84 Å².